The Labute approximate surface area is 253 Å². The summed E-state index contributed by atoms with van der Waals surface area (Å²) in [5, 5.41) is 0. The van der Waals surface area contributed by atoms with Gasteiger partial charge in [-0.15, -0.1) is 0 Å². The van der Waals surface area contributed by atoms with Gasteiger partial charge < -0.3 is 19.8 Å². The van der Waals surface area contributed by atoms with Gasteiger partial charge in [0.15, 0.2) is 0 Å². The van der Waals surface area contributed by atoms with E-state index in [0.29, 0.717) is 12.8 Å². The van der Waals surface area contributed by atoms with Gasteiger partial charge in [0.25, 0.3) is 0 Å². The van der Waals surface area contributed by atoms with Gasteiger partial charge >= 0.3 is 0 Å². The molecule has 6 rings (SSSR count). The van der Waals surface area contributed by atoms with Crippen molar-refractivity contribution in [3.05, 3.63) is 72.6 Å². The average molecular weight is 579 g/mol. The van der Waals surface area contributed by atoms with Gasteiger partial charge in [0.1, 0.15) is 11.6 Å². The predicted molar refractivity (Wildman–Crippen MR) is 169 cm³/mol. The van der Waals surface area contributed by atoms with E-state index in [1.54, 1.807) is 0 Å². The fraction of sp³-hybridized carbons (Fsp3) is 0.429. The smallest absolute Gasteiger partial charge is 0.223 e. The number of carbonyl (C=O) groups excluding carboxylic acids is 2. The highest BCUT2D eigenvalue weighted by molar-refractivity contribution is 5.78. The van der Waals surface area contributed by atoms with Crippen LogP contribution in [0.1, 0.15) is 95.9 Å². The Hall–Kier alpha value is -4.20. The Balaban J connectivity index is 1.13. The molecular weight excluding hydrogens is 536 g/mol. The molecule has 2 aliphatic rings. The largest absolute Gasteiger partial charge is 0.340 e. The number of aromatic nitrogens is 4. The molecule has 4 heterocycles. The molecule has 2 aromatic heterocycles. The zero-order valence-corrected chi connectivity index (χ0v) is 25.5. The summed E-state index contributed by atoms with van der Waals surface area (Å²) in [6.07, 6.45) is 10.6. The molecule has 2 amide bonds. The summed E-state index contributed by atoms with van der Waals surface area (Å²) in [7, 11) is 0. The van der Waals surface area contributed by atoms with Gasteiger partial charge in [0.05, 0.1) is 35.9 Å². The molecule has 0 bridgehead atoms. The Morgan fingerprint density at radius 2 is 1.23 bits per heavy atom. The summed E-state index contributed by atoms with van der Waals surface area (Å²) in [6.45, 7) is 7.04. The molecule has 224 valence electrons. The average Bonchev–Trinajstić information content (AvgIpc) is 3.84. The van der Waals surface area contributed by atoms with E-state index in [-0.39, 0.29) is 29.9 Å². The Kier molecular flexibility index (Phi) is 8.45. The van der Waals surface area contributed by atoms with Gasteiger partial charge in [-0.25, -0.2) is 9.97 Å². The lowest BCUT2D eigenvalue weighted by Crippen LogP contribution is -2.35. The topological polar surface area (TPSA) is 98.0 Å². The molecule has 43 heavy (non-hydrogen) atoms. The second-order valence-electron chi connectivity index (χ2n) is 12.0. The molecule has 0 aliphatic carbocycles. The van der Waals surface area contributed by atoms with Crippen molar-refractivity contribution in [1.82, 2.24) is 29.7 Å². The minimum absolute atomic E-state index is 0.0205. The standard InChI is InChI=1S/C35H42N6O2/c1-4-7-32(42)40-20-6-9-30(40)34-36-21-28(38-34)26-15-11-24(12-16-26)25-13-17-27(18-14-25)29-22-37-35(39-29)31-19-10-23(3)41(31)33(43)8-5-2/h11-18,21-23,30-31H,4-10,19-20H2,1-3H3,(H,36,38)(H,37,39)/t23-,30?,31?/m0/s1. The first-order valence-electron chi connectivity index (χ1n) is 15.9. The van der Waals surface area contributed by atoms with Gasteiger partial charge in [0, 0.05) is 25.4 Å². The molecule has 0 spiro atoms. The summed E-state index contributed by atoms with van der Waals surface area (Å²) in [4.78, 5) is 45.7. The third-order valence-electron chi connectivity index (χ3n) is 9.00. The van der Waals surface area contributed by atoms with Crippen LogP contribution in [0.15, 0.2) is 60.9 Å². The molecule has 4 aromatic rings. The highest BCUT2D eigenvalue weighted by Gasteiger charge is 2.36. The molecule has 2 aromatic carbocycles. The Morgan fingerprint density at radius 3 is 1.79 bits per heavy atom. The van der Waals surface area contributed by atoms with Gasteiger partial charge in [-0.05, 0) is 67.7 Å². The summed E-state index contributed by atoms with van der Waals surface area (Å²) in [6, 6.07) is 17.3. The van der Waals surface area contributed by atoms with Crippen LogP contribution in [-0.4, -0.2) is 54.1 Å². The van der Waals surface area contributed by atoms with Crippen LogP contribution in [0.3, 0.4) is 0 Å². The summed E-state index contributed by atoms with van der Waals surface area (Å²) in [5.41, 5.74) is 6.34. The maximum Gasteiger partial charge on any atom is 0.223 e. The lowest BCUT2D eigenvalue weighted by Gasteiger charge is -2.27. The Bertz CT molecular complexity index is 1550. The number of H-pyrrole nitrogens is 2. The minimum atomic E-state index is 0.0205. The lowest BCUT2D eigenvalue weighted by atomic mass is 10.0. The lowest BCUT2D eigenvalue weighted by molar-refractivity contribution is -0.134. The van der Waals surface area contributed by atoms with Crippen molar-refractivity contribution in [1.29, 1.82) is 0 Å². The SMILES string of the molecule is CCCC(=O)N1CCCC1c1ncc(-c2ccc(-c3ccc(-c4cnc(C5CC[C@H](C)N5C(=O)CCC)[nH]4)cc3)cc2)[nH]1. The van der Waals surface area contributed by atoms with E-state index in [9.17, 15) is 9.59 Å². The van der Waals surface area contributed by atoms with Crippen LogP contribution in [-0.2, 0) is 9.59 Å². The van der Waals surface area contributed by atoms with E-state index < -0.39 is 0 Å². The van der Waals surface area contributed by atoms with Gasteiger partial charge in [-0.2, -0.15) is 0 Å². The van der Waals surface area contributed by atoms with E-state index in [1.165, 1.54) is 0 Å². The minimum Gasteiger partial charge on any atom is -0.340 e. The number of nitrogens with one attached hydrogen (secondary N) is 2. The van der Waals surface area contributed by atoms with Crippen LogP contribution in [0.4, 0.5) is 0 Å². The van der Waals surface area contributed by atoms with Crippen molar-refractivity contribution in [3.63, 3.8) is 0 Å². The van der Waals surface area contributed by atoms with Crippen molar-refractivity contribution < 1.29 is 9.59 Å². The third-order valence-corrected chi connectivity index (χ3v) is 9.00. The van der Waals surface area contributed by atoms with E-state index in [2.05, 4.69) is 77.3 Å². The molecule has 2 aliphatic heterocycles. The fourth-order valence-electron chi connectivity index (χ4n) is 6.71. The number of imidazole rings is 2. The van der Waals surface area contributed by atoms with Crippen LogP contribution in [0.25, 0.3) is 33.6 Å². The number of likely N-dealkylation sites (tertiary alicyclic amines) is 2. The van der Waals surface area contributed by atoms with Crippen LogP contribution in [0.5, 0.6) is 0 Å². The second kappa shape index (κ2) is 12.6. The first-order valence-corrected chi connectivity index (χ1v) is 15.9. The highest BCUT2D eigenvalue weighted by atomic mass is 16.2. The molecule has 8 heteroatoms. The maximum atomic E-state index is 12.8. The first-order chi connectivity index (χ1) is 21.0. The normalized spacial score (nSPS) is 20.2. The molecule has 3 atom stereocenters. The van der Waals surface area contributed by atoms with Crippen LogP contribution in [0, 0.1) is 0 Å². The van der Waals surface area contributed by atoms with Crippen molar-refractivity contribution in [2.24, 2.45) is 0 Å². The number of hydrogen-bond acceptors (Lipinski definition) is 4. The maximum absolute atomic E-state index is 12.8. The number of carbonyl (C=O) groups is 2. The number of nitrogens with zero attached hydrogens (tertiary/aromatic N) is 4. The van der Waals surface area contributed by atoms with Gasteiger partial charge in [-0.1, -0.05) is 62.4 Å². The number of aromatic amines is 2. The monoisotopic (exact) mass is 578 g/mol. The van der Waals surface area contributed by atoms with Crippen LogP contribution < -0.4 is 0 Å². The number of rotatable bonds is 9. The van der Waals surface area contributed by atoms with Gasteiger partial charge in [-0.3, -0.25) is 9.59 Å². The van der Waals surface area contributed by atoms with Crippen molar-refractivity contribution in [2.45, 2.75) is 90.3 Å². The molecule has 2 unspecified atom stereocenters. The predicted octanol–water partition coefficient (Wildman–Crippen LogP) is 7.45. The quantitative estimate of drug-likeness (QED) is 0.216. The van der Waals surface area contributed by atoms with Crippen molar-refractivity contribution in [3.8, 4) is 33.6 Å². The molecule has 2 fully saturated rings. The highest BCUT2D eigenvalue weighted by Crippen LogP contribution is 2.37. The number of benzene rings is 2. The first kappa shape index (κ1) is 28.9. The zero-order chi connectivity index (χ0) is 29.9. The van der Waals surface area contributed by atoms with E-state index in [4.69, 9.17) is 4.98 Å². The van der Waals surface area contributed by atoms with Crippen molar-refractivity contribution >= 4 is 11.8 Å². The fourth-order valence-corrected chi connectivity index (χ4v) is 6.71. The summed E-state index contributed by atoms with van der Waals surface area (Å²) < 4.78 is 0. The molecule has 0 radical (unpaired) electrons. The number of hydrogen-bond donors (Lipinski definition) is 2. The van der Waals surface area contributed by atoms with E-state index in [0.717, 1.165) is 90.4 Å². The molecular formula is C35H42N6O2. The molecule has 2 N–H and O–H groups in total. The number of amides is 2. The zero-order valence-electron chi connectivity index (χ0n) is 25.5. The summed E-state index contributed by atoms with van der Waals surface area (Å²) >= 11 is 0. The van der Waals surface area contributed by atoms with E-state index >= 15 is 0 Å². The van der Waals surface area contributed by atoms with Crippen LogP contribution >= 0.6 is 0 Å². The van der Waals surface area contributed by atoms with Crippen molar-refractivity contribution in [2.75, 3.05) is 6.54 Å². The van der Waals surface area contributed by atoms with Gasteiger partial charge in [0.2, 0.25) is 11.8 Å². The molecule has 2 saturated heterocycles. The van der Waals surface area contributed by atoms with Crippen LogP contribution in [0.2, 0.25) is 0 Å². The summed E-state index contributed by atoms with van der Waals surface area (Å²) in [5.74, 6) is 2.19. The molecule has 0 saturated carbocycles. The van der Waals surface area contributed by atoms with E-state index in [1.807, 2.05) is 29.1 Å². The molecule has 8 nitrogen and oxygen atoms in total. The Morgan fingerprint density at radius 1 is 0.721 bits per heavy atom. The third kappa shape index (κ3) is 5.88. The second-order valence-corrected chi connectivity index (χ2v) is 12.0.